The zero-order valence-corrected chi connectivity index (χ0v) is 11.2. The van der Waals surface area contributed by atoms with Gasteiger partial charge in [-0.2, -0.15) is 0 Å². The maximum Gasteiger partial charge on any atom is 0.149 e. The second-order valence-electron chi connectivity index (χ2n) is 4.48. The number of aromatic nitrogens is 2. The number of benzene rings is 2. The fourth-order valence-corrected chi connectivity index (χ4v) is 2.31. The van der Waals surface area contributed by atoms with Gasteiger partial charge in [-0.15, -0.1) is 0 Å². The van der Waals surface area contributed by atoms with Crippen molar-refractivity contribution in [3.8, 4) is 11.4 Å². The molecular formula is C14H10ClF2N3. The van der Waals surface area contributed by atoms with Crippen LogP contribution in [-0.4, -0.2) is 9.55 Å². The van der Waals surface area contributed by atoms with Crippen molar-refractivity contribution in [2.45, 2.75) is 0 Å². The van der Waals surface area contributed by atoms with E-state index < -0.39 is 11.6 Å². The highest BCUT2D eigenvalue weighted by atomic mass is 35.5. The van der Waals surface area contributed by atoms with E-state index in [2.05, 4.69) is 4.98 Å². The third-order valence-corrected chi connectivity index (χ3v) is 3.41. The van der Waals surface area contributed by atoms with Gasteiger partial charge in [-0.05, 0) is 24.3 Å². The highest BCUT2D eigenvalue weighted by Crippen LogP contribution is 2.29. The van der Waals surface area contributed by atoms with E-state index in [4.69, 9.17) is 17.3 Å². The van der Waals surface area contributed by atoms with Gasteiger partial charge in [-0.25, -0.2) is 13.8 Å². The summed E-state index contributed by atoms with van der Waals surface area (Å²) in [5.41, 5.74) is 6.96. The number of fused-ring (bicyclic) bond motifs is 1. The van der Waals surface area contributed by atoms with E-state index in [-0.39, 0.29) is 11.3 Å². The maximum absolute atomic E-state index is 13.9. The summed E-state index contributed by atoms with van der Waals surface area (Å²) in [4.78, 5) is 4.34. The first-order valence-corrected chi connectivity index (χ1v) is 6.22. The average molecular weight is 294 g/mol. The quantitative estimate of drug-likeness (QED) is 0.694. The van der Waals surface area contributed by atoms with Crippen LogP contribution < -0.4 is 5.73 Å². The fraction of sp³-hybridized carbons (Fsp3) is 0.0714. The van der Waals surface area contributed by atoms with Crippen molar-refractivity contribution < 1.29 is 8.78 Å². The van der Waals surface area contributed by atoms with Crippen molar-refractivity contribution in [2.24, 2.45) is 7.05 Å². The van der Waals surface area contributed by atoms with Crippen molar-refractivity contribution >= 4 is 28.3 Å². The molecule has 6 heteroatoms. The maximum atomic E-state index is 13.9. The number of anilines is 1. The third kappa shape index (κ3) is 1.91. The van der Waals surface area contributed by atoms with Gasteiger partial charge < -0.3 is 10.3 Å². The molecule has 102 valence electrons. The van der Waals surface area contributed by atoms with Crippen LogP contribution >= 0.6 is 11.6 Å². The Morgan fingerprint density at radius 1 is 1.15 bits per heavy atom. The monoisotopic (exact) mass is 293 g/mol. The van der Waals surface area contributed by atoms with E-state index in [9.17, 15) is 8.78 Å². The van der Waals surface area contributed by atoms with E-state index in [1.54, 1.807) is 29.8 Å². The molecule has 0 fully saturated rings. The second-order valence-corrected chi connectivity index (χ2v) is 4.92. The lowest BCUT2D eigenvalue weighted by Crippen LogP contribution is -1.99. The normalized spacial score (nSPS) is 11.2. The Hall–Kier alpha value is -2.14. The van der Waals surface area contributed by atoms with Crippen LogP contribution in [0.5, 0.6) is 0 Å². The van der Waals surface area contributed by atoms with Gasteiger partial charge in [0.05, 0.1) is 22.3 Å². The number of nitrogens with two attached hydrogens (primary N) is 1. The number of aryl methyl sites for hydroxylation is 1. The molecule has 0 bridgehead atoms. The number of halogens is 3. The van der Waals surface area contributed by atoms with Crippen molar-refractivity contribution in [1.82, 2.24) is 9.55 Å². The van der Waals surface area contributed by atoms with E-state index in [1.165, 1.54) is 6.07 Å². The van der Waals surface area contributed by atoms with E-state index in [0.29, 0.717) is 16.4 Å². The van der Waals surface area contributed by atoms with E-state index >= 15 is 0 Å². The zero-order valence-electron chi connectivity index (χ0n) is 10.5. The summed E-state index contributed by atoms with van der Waals surface area (Å²) in [5.74, 6) is -1.12. The molecule has 2 aromatic carbocycles. The minimum atomic E-state index is -0.784. The van der Waals surface area contributed by atoms with Crippen LogP contribution in [-0.2, 0) is 7.05 Å². The molecule has 0 spiro atoms. The molecule has 0 atom stereocenters. The smallest absolute Gasteiger partial charge is 0.149 e. The molecule has 1 heterocycles. The first kappa shape index (κ1) is 12.9. The van der Waals surface area contributed by atoms with Gasteiger partial charge in [0, 0.05) is 18.1 Å². The zero-order chi connectivity index (χ0) is 14.4. The molecule has 3 rings (SSSR count). The fourth-order valence-electron chi connectivity index (χ4n) is 2.14. The molecule has 20 heavy (non-hydrogen) atoms. The van der Waals surface area contributed by atoms with Crippen molar-refractivity contribution in [3.63, 3.8) is 0 Å². The van der Waals surface area contributed by atoms with Gasteiger partial charge in [0.25, 0.3) is 0 Å². The van der Waals surface area contributed by atoms with Crippen molar-refractivity contribution in [1.29, 1.82) is 0 Å². The van der Waals surface area contributed by atoms with Gasteiger partial charge in [0.2, 0.25) is 0 Å². The Balaban J connectivity index is 2.30. The molecule has 3 nitrogen and oxygen atoms in total. The van der Waals surface area contributed by atoms with Crippen LogP contribution in [0.3, 0.4) is 0 Å². The van der Waals surface area contributed by atoms with Crippen LogP contribution in [0.4, 0.5) is 14.5 Å². The van der Waals surface area contributed by atoms with Crippen molar-refractivity contribution in [2.75, 3.05) is 5.73 Å². The average Bonchev–Trinajstić information content (AvgIpc) is 2.71. The summed E-state index contributed by atoms with van der Waals surface area (Å²) < 4.78 is 28.8. The molecule has 0 aliphatic heterocycles. The second kappa shape index (κ2) is 4.45. The highest BCUT2D eigenvalue weighted by Gasteiger charge is 2.16. The van der Waals surface area contributed by atoms with Crippen LogP contribution in [0.25, 0.3) is 22.4 Å². The SMILES string of the molecule is Cn1c(-c2cc(N)c(F)cc2F)nc2ccc(Cl)cc21. The summed E-state index contributed by atoms with van der Waals surface area (Å²) in [7, 11) is 1.74. The van der Waals surface area contributed by atoms with Gasteiger partial charge >= 0.3 is 0 Å². The van der Waals surface area contributed by atoms with E-state index in [0.717, 1.165) is 11.6 Å². The molecule has 0 saturated heterocycles. The van der Waals surface area contributed by atoms with Crippen molar-refractivity contribution in [3.05, 3.63) is 47.0 Å². The Labute approximate surface area is 118 Å². The van der Waals surface area contributed by atoms with Gasteiger partial charge in [-0.1, -0.05) is 11.6 Å². The Morgan fingerprint density at radius 2 is 1.90 bits per heavy atom. The number of nitrogens with zero attached hydrogens (tertiary/aromatic N) is 2. The molecule has 2 N–H and O–H groups in total. The summed E-state index contributed by atoms with van der Waals surface area (Å²) >= 11 is 5.94. The predicted octanol–water partition coefficient (Wildman–Crippen LogP) is 3.75. The van der Waals surface area contributed by atoms with Crippen LogP contribution in [0.1, 0.15) is 0 Å². The molecule has 3 aromatic rings. The first-order chi connectivity index (χ1) is 9.47. The summed E-state index contributed by atoms with van der Waals surface area (Å²) in [6.07, 6.45) is 0. The highest BCUT2D eigenvalue weighted by molar-refractivity contribution is 6.31. The molecular weight excluding hydrogens is 284 g/mol. The number of hydrogen-bond acceptors (Lipinski definition) is 2. The lowest BCUT2D eigenvalue weighted by Gasteiger charge is -2.06. The Kier molecular flexibility index (Phi) is 2.87. The molecule has 0 aliphatic carbocycles. The molecule has 0 unspecified atom stereocenters. The van der Waals surface area contributed by atoms with Crippen LogP contribution in [0, 0.1) is 11.6 Å². The standard InChI is InChI=1S/C14H10ClF2N3/c1-20-13-4-7(15)2-3-12(13)19-14(20)8-5-11(18)10(17)6-9(8)16/h2-6H,18H2,1H3. The topological polar surface area (TPSA) is 43.8 Å². The number of imidazole rings is 1. The molecule has 0 amide bonds. The molecule has 1 aromatic heterocycles. The number of hydrogen-bond donors (Lipinski definition) is 1. The largest absolute Gasteiger partial charge is 0.396 e. The van der Waals surface area contributed by atoms with E-state index in [1.807, 2.05) is 0 Å². The third-order valence-electron chi connectivity index (χ3n) is 3.17. The lowest BCUT2D eigenvalue weighted by atomic mass is 10.1. The summed E-state index contributed by atoms with van der Waals surface area (Å²) in [6, 6.07) is 7.19. The van der Waals surface area contributed by atoms with Gasteiger partial charge in [0.15, 0.2) is 0 Å². The molecule has 0 radical (unpaired) electrons. The van der Waals surface area contributed by atoms with Crippen LogP contribution in [0.2, 0.25) is 5.02 Å². The van der Waals surface area contributed by atoms with Gasteiger partial charge in [-0.3, -0.25) is 0 Å². The number of nitrogen functional groups attached to an aromatic ring is 1. The summed E-state index contributed by atoms with van der Waals surface area (Å²) in [5, 5.41) is 0.561. The lowest BCUT2D eigenvalue weighted by molar-refractivity contribution is 0.587. The summed E-state index contributed by atoms with van der Waals surface area (Å²) in [6.45, 7) is 0. The minimum Gasteiger partial charge on any atom is -0.396 e. The minimum absolute atomic E-state index is 0.119. The first-order valence-electron chi connectivity index (χ1n) is 5.84. The Bertz CT molecular complexity index is 827. The van der Waals surface area contributed by atoms with Gasteiger partial charge in [0.1, 0.15) is 17.5 Å². The molecule has 0 aliphatic rings. The van der Waals surface area contributed by atoms with Crippen LogP contribution in [0.15, 0.2) is 30.3 Å². The number of rotatable bonds is 1. The predicted molar refractivity (Wildman–Crippen MR) is 75.5 cm³/mol. The molecule has 0 saturated carbocycles. The Morgan fingerprint density at radius 3 is 2.65 bits per heavy atom.